The van der Waals surface area contributed by atoms with E-state index in [1.54, 1.807) is 18.2 Å². The lowest BCUT2D eigenvalue weighted by Crippen LogP contribution is -2.35. The maximum absolute atomic E-state index is 12.2. The summed E-state index contributed by atoms with van der Waals surface area (Å²) in [5.74, 6) is 1.39. The molecule has 2 nitrogen and oxygen atoms in total. The largest absolute Gasteiger partial charge is 0.352 e. The summed E-state index contributed by atoms with van der Waals surface area (Å²) < 4.78 is 0. The third kappa shape index (κ3) is 3.81. The molecule has 2 unspecified atom stereocenters. The Balaban J connectivity index is 1.98. The quantitative estimate of drug-likeness (QED) is 0.790. The van der Waals surface area contributed by atoms with Crippen molar-refractivity contribution in [3.05, 3.63) is 33.8 Å². The minimum absolute atomic E-state index is 0.209. The second kappa shape index (κ2) is 7.53. The fourth-order valence-electron chi connectivity index (χ4n) is 2.78. The summed E-state index contributed by atoms with van der Waals surface area (Å²) in [6.45, 7) is 0.637. The van der Waals surface area contributed by atoms with E-state index in [1.807, 2.05) is 0 Å². The van der Waals surface area contributed by atoms with Gasteiger partial charge in [-0.3, -0.25) is 4.79 Å². The van der Waals surface area contributed by atoms with Gasteiger partial charge < -0.3 is 5.32 Å². The molecule has 1 aromatic rings. The summed E-state index contributed by atoms with van der Waals surface area (Å²) in [5, 5.41) is 3.71. The van der Waals surface area contributed by atoms with Gasteiger partial charge in [-0.1, -0.05) is 42.1 Å². The van der Waals surface area contributed by atoms with Gasteiger partial charge in [-0.25, -0.2) is 0 Å². The topological polar surface area (TPSA) is 29.1 Å². The van der Waals surface area contributed by atoms with Gasteiger partial charge in [0.2, 0.25) is 0 Å². The number of carbonyl (C=O) groups is 1. The maximum Gasteiger partial charge on any atom is 0.254 e. The van der Waals surface area contributed by atoms with E-state index >= 15 is 0 Å². The van der Waals surface area contributed by atoms with Crippen LogP contribution in [0.1, 0.15) is 36.0 Å². The molecule has 0 radical (unpaired) electrons. The van der Waals surface area contributed by atoms with Gasteiger partial charge in [0.15, 0.2) is 0 Å². The molecule has 1 aliphatic rings. The van der Waals surface area contributed by atoms with E-state index in [0.29, 0.717) is 39.9 Å². The van der Waals surface area contributed by atoms with Crippen molar-refractivity contribution in [3.8, 4) is 0 Å². The van der Waals surface area contributed by atoms with Crippen LogP contribution in [0.4, 0.5) is 0 Å². The molecule has 2 atom stereocenters. The molecule has 0 saturated heterocycles. The van der Waals surface area contributed by atoms with Crippen LogP contribution in [0.15, 0.2) is 18.2 Å². The van der Waals surface area contributed by atoms with Crippen molar-refractivity contribution < 1.29 is 4.79 Å². The third-order valence-electron chi connectivity index (χ3n) is 3.98. The molecular formula is C15H18Cl3NO. The second-order valence-corrected chi connectivity index (χ2v) is 6.39. The molecule has 0 spiro atoms. The van der Waals surface area contributed by atoms with Gasteiger partial charge in [-0.05, 0) is 36.8 Å². The van der Waals surface area contributed by atoms with E-state index in [4.69, 9.17) is 34.8 Å². The second-order valence-electron chi connectivity index (χ2n) is 5.27. The van der Waals surface area contributed by atoms with Gasteiger partial charge in [0.05, 0.1) is 15.6 Å². The van der Waals surface area contributed by atoms with Crippen LogP contribution in [-0.2, 0) is 0 Å². The van der Waals surface area contributed by atoms with Crippen molar-refractivity contribution in [1.29, 1.82) is 0 Å². The number of carbonyl (C=O) groups excluding carboxylic acids is 1. The van der Waals surface area contributed by atoms with Crippen molar-refractivity contribution in [1.82, 2.24) is 5.32 Å². The number of nitrogens with one attached hydrogen (secondary N) is 1. The Labute approximate surface area is 134 Å². The molecule has 1 fully saturated rings. The standard InChI is InChI=1S/C15H18Cl3NO/c16-8-10-4-1-2-5-11(10)9-19-15(20)14-12(17)6-3-7-13(14)18/h3,6-7,10-11H,1-2,4-5,8-9H2,(H,19,20). The van der Waals surface area contributed by atoms with Gasteiger partial charge in [0.25, 0.3) is 5.91 Å². The average Bonchev–Trinajstić information content (AvgIpc) is 2.45. The van der Waals surface area contributed by atoms with Gasteiger partial charge in [-0.15, -0.1) is 11.6 Å². The lowest BCUT2D eigenvalue weighted by Gasteiger charge is -2.30. The molecule has 20 heavy (non-hydrogen) atoms. The first-order valence-electron chi connectivity index (χ1n) is 6.91. The zero-order valence-electron chi connectivity index (χ0n) is 11.2. The number of benzene rings is 1. The van der Waals surface area contributed by atoms with Crippen LogP contribution in [0.3, 0.4) is 0 Å². The van der Waals surface area contributed by atoms with Crippen molar-refractivity contribution in [2.75, 3.05) is 12.4 Å². The zero-order chi connectivity index (χ0) is 14.5. The fourth-order valence-corrected chi connectivity index (χ4v) is 3.76. The predicted molar refractivity (Wildman–Crippen MR) is 85.0 cm³/mol. The normalized spacial score (nSPS) is 22.6. The van der Waals surface area contributed by atoms with E-state index in [1.165, 1.54) is 12.8 Å². The Morgan fingerprint density at radius 1 is 1.15 bits per heavy atom. The summed E-state index contributed by atoms with van der Waals surface area (Å²) >= 11 is 18.1. The molecule has 0 bridgehead atoms. The molecule has 1 saturated carbocycles. The average molecular weight is 335 g/mol. The SMILES string of the molecule is O=C(NCC1CCCCC1CCl)c1c(Cl)cccc1Cl. The zero-order valence-corrected chi connectivity index (χ0v) is 13.4. The third-order valence-corrected chi connectivity index (χ3v) is 5.01. The van der Waals surface area contributed by atoms with Crippen LogP contribution in [0.25, 0.3) is 0 Å². The highest BCUT2D eigenvalue weighted by molar-refractivity contribution is 6.39. The highest BCUT2D eigenvalue weighted by atomic mass is 35.5. The number of alkyl halides is 1. The summed E-state index contributed by atoms with van der Waals surface area (Å²) in [7, 11) is 0. The fraction of sp³-hybridized carbons (Fsp3) is 0.533. The molecule has 1 amide bonds. The number of rotatable bonds is 4. The summed E-state index contributed by atoms with van der Waals surface area (Å²) in [6.07, 6.45) is 4.71. The molecule has 0 aliphatic heterocycles. The van der Waals surface area contributed by atoms with Crippen LogP contribution in [0.5, 0.6) is 0 Å². The Morgan fingerprint density at radius 3 is 2.35 bits per heavy atom. The van der Waals surface area contributed by atoms with Crippen molar-refractivity contribution in [2.24, 2.45) is 11.8 Å². The van der Waals surface area contributed by atoms with E-state index in [-0.39, 0.29) is 5.91 Å². The first-order chi connectivity index (χ1) is 9.63. The van der Waals surface area contributed by atoms with E-state index in [9.17, 15) is 4.79 Å². The summed E-state index contributed by atoms with van der Waals surface area (Å²) in [4.78, 5) is 12.2. The van der Waals surface area contributed by atoms with E-state index in [2.05, 4.69) is 5.32 Å². The van der Waals surface area contributed by atoms with E-state index in [0.717, 1.165) is 12.8 Å². The smallest absolute Gasteiger partial charge is 0.254 e. The van der Waals surface area contributed by atoms with E-state index < -0.39 is 0 Å². The Hall–Kier alpha value is -0.440. The number of hydrogen-bond acceptors (Lipinski definition) is 1. The van der Waals surface area contributed by atoms with Gasteiger partial charge in [-0.2, -0.15) is 0 Å². The number of amides is 1. The van der Waals surface area contributed by atoms with Gasteiger partial charge in [0.1, 0.15) is 0 Å². The minimum Gasteiger partial charge on any atom is -0.352 e. The molecular weight excluding hydrogens is 317 g/mol. The van der Waals surface area contributed by atoms with Crippen LogP contribution < -0.4 is 5.32 Å². The van der Waals surface area contributed by atoms with Crippen molar-refractivity contribution in [2.45, 2.75) is 25.7 Å². The predicted octanol–water partition coefficient (Wildman–Crippen LogP) is 4.77. The Kier molecular flexibility index (Phi) is 6.01. The molecule has 2 rings (SSSR count). The minimum atomic E-state index is -0.209. The van der Waals surface area contributed by atoms with Gasteiger partial charge in [0, 0.05) is 12.4 Å². The highest BCUT2D eigenvalue weighted by Gasteiger charge is 2.25. The first-order valence-corrected chi connectivity index (χ1v) is 8.20. The van der Waals surface area contributed by atoms with Crippen molar-refractivity contribution >= 4 is 40.7 Å². The first kappa shape index (κ1) is 15.9. The van der Waals surface area contributed by atoms with Gasteiger partial charge >= 0.3 is 0 Å². The molecule has 110 valence electrons. The monoisotopic (exact) mass is 333 g/mol. The molecule has 5 heteroatoms. The number of halogens is 3. The molecule has 0 heterocycles. The lowest BCUT2D eigenvalue weighted by molar-refractivity contribution is 0.0937. The van der Waals surface area contributed by atoms with Crippen LogP contribution in [0, 0.1) is 11.8 Å². The summed E-state index contributed by atoms with van der Waals surface area (Å²) in [5.41, 5.74) is 0.356. The van der Waals surface area contributed by atoms with Crippen molar-refractivity contribution in [3.63, 3.8) is 0 Å². The molecule has 0 aromatic heterocycles. The lowest BCUT2D eigenvalue weighted by atomic mass is 9.80. The Morgan fingerprint density at radius 2 is 1.75 bits per heavy atom. The maximum atomic E-state index is 12.2. The van der Waals surface area contributed by atoms with Crippen LogP contribution >= 0.6 is 34.8 Å². The highest BCUT2D eigenvalue weighted by Crippen LogP contribution is 2.30. The molecule has 1 aliphatic carbocycles. The van der Waals surface area contributed by atoms with Crippen LogP contribution in [0.2, 0.25) is 10.0 Å². The summed E-state index contributed by atoms with van der Waals surface area (Å²) in [6, 6.07) is 5.07. The van der Waals surface area contributed by atoms with Crippen LogP contribution in [-0.4, -0.2) is 18.3 Å². The number of hydrogen-bond donors (Lipinski definition) is 1. The Bertz CT molecular complexity index is 458. The molecule has 1 N–H and O–H groups in total. The molecule has 1 aromatic carbocycles.